The van der Waals surface area contributed by atoms with Crippen LogP contribution in [0.5, 0.6) is 0 Å². The maximum absolute atomic E-state index is 13.1. The lowest BCUT2D eigenvalue weighted by atomic mass is 9.79. The standard InChI is InChI=1S/C19H26FN3O2/c1-4-19(5-2,10-11-24)13-21-18(25)17-12-14(3)23(22-17)16-8-6-15(20)7-9-16/h6-9,12,24H,4-5,10-11,13H2,1-3H3,(H,21,25). The van der Waals surface area contributed by atoms with Gasteiger partial charge < -0.3 is 10.4 Å². The lowest BCUT2D eigenvalue weighted by Gasteiger charge is -2.31. The number of carbonyl (C=O) groups excluding carboxylic acids is 1. The molecule has 1 aromatic heterocycles. The van der Waals surface area contributed by atoms with Gasteiger partial charge in [0.2, 0.25) is 0 Å². The topological polar surface area (TPSA) is 67.2 Å². The number of hydrogen-bond acceptors (Lipinski definition) is 3. The number of aryl methyl sites for hydroxylation is 1. The van der Waals surface area contributed by atoms with E-state index in [1.54, 1.807) is 22.9 Å². The third-order valence-electron chi connectivity index (χ3n) is 4.96. The Morgan fingerprint density at radius 2 is 1.92 bits per heavy atom. The van der Waals surface area contributed by atoms with Crippen molar-refractivity contribution >= 4 is 5.91 Å². The minimum Gasteiger partial charge on any atom is -0.396 e. The van der Waals surface area contributed by atoms with Crippen LogP contribution < -0.4 is 5.32 Å². The highest BCUT2D eigenvalue weighted by Gasteiger charge is 2.26. The number of aliphatic hydroxyl groups excluding tert-OH is 1. The van der Waals surface area contributed by atoms with E-state index in [9.17, 15) is 14.3 Å². The molecule has 6 heteroatoms. The molecule has 0 bridgehead atoms. The van der Waals surface area contributed by atoms with Gasteiger partial charge in [-0.2, -0.15) is 5.10 Å². The van der Waals surface area contributed by atoms with Crippen molar-refractivity contribution in [1.82, 2.24) is 15.1 Å². The van der Waals surface area contributed by atoms with E-state index in [4.69, 9.17) is 0 Å². The van der Waals surface area contributed by atoms with E-state index in [-0.39, 0.29) is 23.7 Å². The zero-order chi connectivity index (χ0) is 18.4. The number of benzene rings is 1. The number of aliphatic hydroxyl groups is 1. The molecule has 2 N–H and O–H groups in total. The Labute approximate surface area is 147 Å². The van der Waals surface area contributed by atoms with E-state index in [1.807, 2.05) is 6.92 Å². The number of carbonyl (C=O) groups is 1. The first kappa shape index (κ1) is 19.1. The Balaban J connectivity index is 2.12. The number of aromatic nitrogens is 2. The van der Waals surface area contributed by atoms with Gasteiger partial charge in [0.1, 0.15) is 5.82 Å². The lowest BCUT2D eigenvalue weighted by Crippen LogP contribution is -2.37. The number of nitrogens with one attached hydrogen (secondary N) is 1. The maximum atomic E-state index is 13.1. The monoisotopic (exact) mass is 347 g/mol. The van der Waals surface area contributed by atoms with Crippen LogP contribution in [0.3, 0.4) is 0 Å². The van der Waals surface area contributed by atoms with Gasteiger partial charge in [0.05, 0.1) is 5.69 Å². The Kier molecular flexibility index (Phi) is 6.31. The summed E-state index contributed by atoms with van der Waals surface area (Å²) in [5, 5.41) is 16.6. The SMILES string of the molecule is CCC(CC)(CCO)CNC(=O)c1cc(C)n(-c2ccc(F)cc2)n1. The number of amides is 1. The second-order valence-electron chi connectivity index (χ2n) is 6.42. The minimum atomic E-state index is -0.314. The maximum Gasteiger partial charge on any atom is 0.271 e. The van der Waals surface area contributed by atoms with Crippen molar-refractivity contribution in [2.75, 3.05) is 13.2 Å². The summed E-state index contributed by atoms with van der Waals surface area (Å²) in [4.78, 5) is 12.5. The van der Waals surface area contributed by atoms with E-state index in [0.29, 0.717) is 24.3 Å². The van der Waals surface area contributed by atoms with Crippen LogP contribution in [-0.4, -0.2) is 33.9 Å². The molecule has 2 rings (SSSR count). The van der Waals surface area contributed by atoms with Crippen molar-refractivity contribution in [2.45, 2.75) is 40.0 Å². The third-order valence-corrected chi connectivity index (χ3v) is 4.96. The van der Waals surface area contributed by atoms with E-state index < -0.39 is 0 Å². The molecule has 0 fully saturated rings. The molecule has 0 aliphatic rings. The number of rotatable bonds is 8. The first-order valence-corrected chi connectivity index (χ1v) is 8.66. The largest absolute Gasteiger partial charge is 0.396 e. The molecule has 0 radical (unpaired) electrons. The second kappa shape index (κ2) is 8.25. The fourth-order valence-corrected chi connectivity index (χ4v) is 2.97. The van der Waals surface area contributed by atoms with Crippen molar-refractivity contribution in [2.24, 2.45) is 5.41 Å². The van der Waals surface area contributed by atoms with Crippen molar-refractivity contribution in [1.29, 1.82) is 0 Å². The van der Waals surface area contributed by atoms with Gasteiger partial charge in [-0.05, 0) is 61.9 Å². The molecule has 1 heterocycles. The Hall–Kier alpha value is -2.21. The van der Waals surface area contributed by atoms with Crippen molar-refractivity contribution in [3.8, 4) is 5.69 Å². The zero-order valence-corrected chi connectivity index (χ0v) is 15.1. The second-order valence-corrected chi connectivity index (χ2v) is 6.42. The van der Waals surface area contributed by atoms with E-state index in [0.717, 1.165) is 18.5 Å². The molecule has 2 aromatic rings. The molecule has 1 amide bonds. The molecule has 25 heavy (non-hydrogen) atoms. The fourth-order valence-electron chi connectivity index (χ4n) is 2.97. The predicted molar refractivity (Wildman–Crippen MR) is 95.3 cm³/mol. The molecule has 0 spiro atoms. The predicted octanol–water partition coefficient (Wildman–Crippen LogP) is 3.24. The molecular formula is C19H26FN3O2. The first-order valence-electron chi connectivity index (χ1n) is 8.66. The average Bonchev–Trinajstić information content (AvgIpc) is 3.01. The molecule has 5 nitrogen and oxygen atoms in total. The highest BCUT2D eigenvalue weighted by Crippen LogP contribution is 2.29. The molecule has 0 aliphatic carbocycles. The first-order chi connectivity index (χ1) is 11.9. The molecule has 0 atom stereocenters. The Bertz CT molecular complexity index is 706. The zero-order valence-electron chi connectivity index (χ0n) is 15.1. The van der Waals surface area contributed by atoms with E-state index >= 15 is 0 Å². The van der Waals surface area contributed by atoms with Gasteiger partial charge in [0.25, 0.3) is 5.91 Å². The quantitative estimate of drug-likeness (QED) is 0.770. The normalized spacial score (nSPS) is 11.6. The summed E-state index contributed by atoms with van der Waals surface area (Å²) in [6.45, 7) is 6.59. The van der Waals surface area contributed by atoms with Crippen LogP contribution in [0.15, 0.2) is 30.3 Å². The summed E-state index contributed by atoms with van der Waals surface area (Å²) in [7, 11) is 0. The van der Waals surface area contributed by atoms with E-state index in [2.05, 4.69) is 24.3 Å². The van der Waals surface area contributed by atoms with Gasteiger partial charge in [0.15, 0.2) is 5.69 Å². The van der Waals surface area contributed by atoms with Gasteiger partial charge in [-0.15, -0.1) is 0 Å². The summed E-state index contributed by atoms with van der Waals surface area (Å²) in [5.74, 6) is -0.556. The van der Waals surface area contributed by atoms with Gasteiger partial charge >= 0.3 is 0 Å². The van der Waals surface area contributed by atoms with Crippen molar-refractivity contribution in [3.63, 3.8) is 0 Å². The summed E-state index contributed by atoms with van der Waals surface area (Å²) < 4.78 is 14.7. The summed E-state index contributed by atoms with van der Waals surface area (Å²) in [6.07, 6.45) is 2.42. The third kappa shape index (κ3) is 4.45. The molecule has 1 aromatic carbocycles. The van der Waals surface area contributed by atoms with E-state index in [1.165, 1.54) is 12.1 Å². The molecule has 0 aliphatic heterocycles. The van der Waals surface area contributed by atoms with Crippen LogP contribution in [0.25, 0.3) is 5.69 Å². The molecule has 0 saturated carbocycles. The summed E-state index contributed by atoms with van der Waals surface area (Å²) in [6, 6.07) is 7.68. The number of nitrogens with zero attached hydrogens (tertiary/aromatic N) is 2. The fraction of sp³-hybridized carbons (Fsp3) is 0.474. The molecule has 136 valence electrons. The summed E-state index contributed by atoms with van der Waals surface area (Å²) in [5.41, 5.74) is 1.73. The smallest absolute Gasteiger partial charge is 0.271 e. The van der Waals surface area contributed by atoms with Crippen LogP contribution in [0.4, 0.5) is 4.39 Å². The van der Waals surface area contributed by atoms with Gasteiger partial charge in [0, 0.05) is 18.8 Å². The van der Waals surface area contributed by atoms with Crippen molar-refractivity contribution in [3.05, 3.63) is 47.5 Å². The molecule has 0 unspecified atom stereocenters. The molecular weight excluding hydrogens is 321 g/mol. The van der Waals surface area contributed by atoms with Gasteiger partial charge in [-0.1, -0.05) is 13.8 Å². The highest BCUT2D eigenvalue weighted by atomic mass is 19.1. The number of halogens is 1. The van der Waals surface area contributed by atoms with Crippen molar-refractivity contribution < 1.29 is 14.3 Å². The van der Waals surface area contributed by atoms with Crippen LogP contribution >= 0.6 is 0 Å². The van der Waals surface area contributed by atoms with Crippen LogP contribution in [0.2, 0.25) is 0 Å². The molecule has 0 saturated heterocycles. The highest BCUT2D eigenvalue weighted by molar-refractivity contribution is 5.92. The Morgan fingerprint density at radius 3 is 2.48 bits per heavy atom. The van der Waals surface area contributed by atoms with Gasteiger partial charge in [-0.3, -0.25) is 4.79 Å². The van der Waals surface area contributed by atoms with Crippen LogP contribution in [0.1, 0.15) is 49.3 Å². The average molecular weight is 347 g/mol. The summed E-state index contributed by atoms with van der Waals surface area (Å²) >= 11 is 0. The Morgan fingerprint density at radius 1 is 1.28 bits per heavy atom. The minimum absolute atomic E-state index is 0.0982. The number of hydrogen-bond donors (Lipinski definition) is 2. The lowest BCUT2D eigenvalue weighted by molar-refractivity contribution is 0.0902. The van der Waals surface area contributed by atoms with Crippen LogP contribution in [0, 0.1) is 18.2 Å². The van der Waals surface area contributed by atoms with Crippen LogP contribution in [-0.2, 0) is 0 Å². The van der Waals surface area contributed by atoms with Gasteiger partial charge in [-0.25, -0.2) is 9.07 Å².